The molecule has 9 heteroatoms. The highest BCUT2D eigenvalue weighted by molar-refractivity contribution is 9.13. The lowest BCUT2D eigenvalue weighted by Crippen LogP contribution is -2.11. The maximum atomic E-state index is 11.9. The first-order valence-corrected chi connectivity index (χ1v) is 7.58. The Kier molecular flexibility index (Phi) is 4.60. The van der Waals surface area contributed by atoms with Crippen molar-refractivity contribution >= 4 is 78.1 Å². The molecule has 94 valence electrons. The van der Waals surface area contributed by atoms with E-state index in [0.29, 0.717) is 4.88 Å². The molecule has 0 saturated carbocycles. The summed E-state index contributed by atoms with van der Waals surface area (Å²) in [6.45, 7) is 0. The van der Waals surface area contributed by atoms with E-state index in [9.17, 15) is 4.79 Å². The Morgan fingerprint density at radius 2 is 2.00 bits per heavy atom. The molecule has 0 aliphatic rings. The number of thiophene rings is 1. The SMILES string of the molecule is O=C(Nc1cc(Cl)nc(Cl)n1)c1cc(Br)c(Br)s1. The van der Waals surface area contributed by atoms with E-state index in [1.807, 2.05) is 0 Å². The number of carbonyl (C=O) groups excluding carboxylic acids is 1. The highest BCUT2D eigenvalue weighted by Gasteiger charge is 2.13. The van der Waals surface area contributed by atoms with E-state index >= 15 is 0 Å². The molecule has 0 aliphatic heterocycles. The normalized spacial score (nSPS) is 10.4. The Labute approximate surface area is 133 Å². The second kappa shape index (κ2) is 5.83. The summed E-state index contributed by atoms with van der Waals surface area (Å²) >= 11 is 19.3. The molecule has 0 fully saturated rings. The minimum Gasteiger partial charge on any atom is -0.306 e. The standard InChI is InChI=1S/C9H3Br2Cl2N3OS/c10-3-1-4(18-7(3)11)8(17)15-6-2-5(12)14-9(13)16-6/h1-2H,(H,14,15,16,17). The molecule has 18 heavy (non-hydrogen) atoms. The van der Waals surface area contributed by atoms with Crippen molar-refractivity contribution in [1.29, 1.82) is 0 Å². The molecule has 0 aliphatic carbocycles. The second-order valence-corrected chi connectivity index (χ2v) is 6.98. The van der Waals surface area contributed by atoms with Gasteiger partial charge in [-0.25, -0.2) is 9.97 Å². The molecule has 0 bridgehead atoms. The third-order valence-electron chi connectivity index (χ3n) is 1.78. The van der Waals surface area contributed by atoms with Crippen LogP contribution in [0.4, 0.5) is 5.82 Å². The number of hydrogen-bond donors (Lipinski definition) is 1. The van der Waals surface area contributed by atoms with Crippen molar-refractivity contribution in [3.05, 3.63) is 35.7 Å². The second-order valence-electron chi connectivity index (χ2n) is 3.03. The number of halogens is 4. The van der Waals surface area contributed by atoms with Crippen molar-refractivity contribution in [2.75, 3.05) is 5.32 Å². The summed E-state index contributed by atoms with van der Waals surface area (Å²) in [5, 5.41) is 2.73. The zero-order valence-electron chi connectivity index (χ0n) is 8.38. The molecule has 0 radical (unpaired) electrons. The van der Waals surface area contributed by atoms with Gasteiger partial charge >= 0.3 is 0 Å². The topological polar surface area (TPSA) is 54.9 Å². The third kappa shape index (κ3) is 3.42. The number of nitrogens with one attached hydrogen (secondary N) is 1. The predicted octanol–water partition coefficient (Wildman–Crippen LogP) is 4.62. The molecule has 0 aromatic carbocycles. The average Bonchev–Trinajstić information content (AvgIpc) is 2.57. The molecular formula is C9H3Br2Cl2N3OS. The van der Waals surface area contributed by atoms with Crippen LogP contribution < -0.4 is 5.32 Å². The van der Waals surface area contributed by atoms with Gasteiger partial charge in [0, 0.05) is 10.5 Å². The molecule has 2 aromatic heterocycles. The summed E-state index contributed by atoms with van der Waals surface area (Å²) in [5.74, 6) is -0.0390. The number of hydrogen-bond acceptors (Lipinski definition) is 4. The Morgan fingerprint density at radius 3 is 2.56 bits per heavy atom. The lowest BCUT2D eigenvalue weighted by molar-refractivity contribution is 0.103. The van der Waals surface area contributed by atoms with Crippen molar-refractivity contribution in [2.45, 2.75) is 0 Å². The first-order chi connectivity index (χ1) is 8.45. The maximum Gasteiger partial charge on any atom is 0.266 e. The van der Waals surface area contributed by atoms with E-state index in [2.05, 4.69) is 47.1 Å². The minimum atomic E-state index is -0.294. The number of nitrogens with zero attached hydrogens (tertiary/aromatic N) is 2. The fourth-order valence-corrected chi connectivity index (χ4v) is 3.43. The van der Waals surface area contributed by atoms with Crippen LogP contribution in [0.5, 0.6) is 0 Å². The molecule has 0 saturated heterocycles. The smallest absolute Gasteiger partial charge is 0.266 e. The molecule has 0 atom stereocenters. The fourth-order valence-electron chi connectivity index (χ4n) is 1.09. The molecule has 1 amide bonds. The van der Waals surface area contributed by atoms with Crippen LogP contribution in [0.15, 0.2) is 20.4 Å². The molecule has 4 nitrogen and oxygen atoms in total. The Hall–Kier alpha value is -0.210. The molecule has 2 heterocycles. The van der Waals surface area contributed by atoms with Crippen LogP contribution in [0, 0.1) is 0 Å². The van der Waals surface area contributed by atoms with Crippen LogP contribution in [0.2, 0.25) is 10.4 Å². The van der Waals surface area contributed by atoms with Gasteiger partial charge in [0.15, 0.2) is 0 Å². The van der Waals surface area contributed by atoms with Gasteiger partial charge in [-0.2, -0.15) is 0 Å². The number of anilines is 1. The quantitative estimate of drug-likeness (QED) is 0.557. The van der Waals surface area contributed by atoms with Crippen LogP contribution in [0.25, 0.3) is 0 Å². The average molecular weight is 432 g/mol. The van der Waals surface area contributed by atoms with Gasteiger partial charge in [-0.05, 0) is 49.5 Å². The van der Waals surface area contributed by atoms with E-state index in [1.54, 1.807) is 6.07 Å². The lowest BCUT2D eigenvalue weighted by atomic mass is 10.4. The minimum absolute atomic E-state index is 0.0219. The molecule has 2 rings (SSSR count). The van der Waals surface area contributed by atoms with Crippen molar-refractivity contribution in [3.63, 3.8) is 0 Å². The number of rotatable bonds is 2. The van der Waals surface area contributed by atoms with E-state index in [4.69, 9.17) is 23.2 Å². The molecule has 2 aromatic rings. The van der Waals surface area contributed by atoms with Crippen molar-refractivity contribution in [1.82, 2.24) is 9.97 Å². The summed E-state index contributed by atoms with van der Waals surface area (Å²) < 4.78 is 1.66. The lowest BCUT2D eigenvalue weighted by Gasteiger charge is -2.02. The molecule has 0 unspecified atom stereocenters. The van der Waals surface area contributed by atoms with Crippen LogP contribution >= 0.6 is 66.4 Å². The summed E-state index contributed by atoms with van der Waals surface area (Å²) in [7, 11) is 0. The van der Waals surface area contributed by atoms with Gasteiger partial charge in [-0.3, -0.25) is 4.79 Å². The Bertz CT molecular complexity index is 580. The molecule has 1 N–H and O–H groups in total. The predicted molar refractivity (Wildman–Crippen MR) is 79.7 cm³/mol. The van der Waals surface area contributed by atoms with Crippen molar-refractivity contribution < 1.29 is 4.79 Å². The van der Waals surface area contributed by atoms with Crippen LogP contribution in [-0.4, -0.2) is 15.9 Å². The largest absolute Gasteiger partial charge is 0.306 e. The van der Waals surface area contributed by atoms with Gasteiger partial charge in [0.1, 0.15) is 11.0 Å². The van der Waals surface area contributed by atoms with Crippen LogP contribution in [0.1, 0.15) is 9.67 Å². The van der Waals surface area contributed by atoms with E-state index in [1.165, 1.54) is 17.4 Å². The summed E-state index contributed by atoms with van der Waals surface area (Å²) in [5.41, 5.74) is 0. The first kappa shape index (κ1) is 14.2. The highest BCUT2D eigenvalue weighted by Crippen LogP contribution is 2.32. The monoisotopic (exact) mass is 429 g/mol. The number of aromatic nitrogens is 2. The number of carbonyl (C=O) groups is 1. The third-order valence-corrected chi connectivity index (χ3v) is 5.40. The summed E-state index contributed by atoms with van der Waals surface area (Å²) in [6, 6.07) is 3.12. The first-order valence-electron chi connectivity index (χ1n) is 4.42. The van der Waals surface area contributed by atoms with Gasteiger partial charge in [0.25, 0.3) is 5.91 Å². The fraction of sp³-hybridized carbons (Fsp3) is 0. The molecular weight excluding hydrogens is 429 g/mol. The van der Waals surface area contributed by atoms with Gasteiger partial charge in [0.2, 0.25) is 5.28 Å². The Morgan fingerprint density at radius 1 is 1.28 bits per heavy atom. The zero-order chi connectivity index (χ0) is 13.3. The Balaban J connectivity index is 2.21. The van der Waals surface area contributed by atoms with E-state index in [0.717, 1.165) is 8.26 Å². The van der Waals surface area contributed by atoms with Crippen LogP contribution in [0.3, 0.4) is 0 Å². The number of amides is 1. The zero-order valence-corrected chi connectivity index (χ0v) is 13.9. The summed E-state index contributed by atoms with van der Waals surface area (Å²) in [4.78, 5) is 20.0. The van der Waals surface area contributed by atoms with Gasteiger partial charge < -0.3 is 5.32 Å². The van der Waals surface area contributed by atoms with Crippen molar-refractivity contribution in [2.24, 2.45) is 0 Å². The van der Waals surface area contributed by atoms with E-state index in [-0.39, 0.29) is 22.2 Å². The van der Waals surface area contributed by atoms with Gasteiger partial charge in [-0.1, -0.05) is 11.6 Å². The summed E-state index contributed by atoms with van der Waals surface area (Å²) in [6.07, 6.45) is 0. The molecule has 0 spiro atoms. The maximum absolute atomic E-state index is 11.9. The van der Waals surface area contributed by atoms with Gasteiger partial charge in [-0.15, -0.1) is 11.3 Å². The van der Waals surface area contributed by atoms with Crippen molar-refractivity contribution in [3.8, 4) is 0 Å². The highest BCUT2D eigenvalue weighted by atomic mass is 79.9. The van der Waals surface area contributed by atoms with E-state index < -0.39 is 0 Å². The van der Waals surface area contributed by atoms with Gasteiger partial charge in [0.05, 0.1) is 8.66 Å². The van der Waals surface area contributed by atoms with Crippen LogP contribution in [-0.2, 0) is 0 Å².